The van der Waals surface area contributed by atoms with E-state index >= 15 is 0 Å². The van der Waals surface area contributed by atoms with Crippen molar-refractivity contribution in [3.05, 3.63) is 101 Å². The number of carbonyl (C=O) groups is 2. The normalized spacial score (nSPS) is 14.8. The van der Waals surface area contributed by atoms with Crippen LogP contribution in [0.2, 0.25) is 0 Å². The maximum absolute atomic E-state index is 12.6. The lowest BCUT2D eigenvalue weighted by atomic mass is 9.89. The highest BCUT2D eigenvalue weighted by atomic mass is 16.7. The van der Waals surface area contributed by atoms with Gasteiger partial charge in [-0.1, -0.05) is 49.6 Å². The highest BCUT2D eigenvalue weighted by molar-refractivity contribution is 5.94. The predicted octanol–water partition coefficient (Wildman–Crippen LogP) is 5.45. The van der Waals surface area contributed by atoms with Crippen LogP contribution >= 0.6 is 0 Å². The van der Waals surface area contributed by atoms with Crippen LogP contribution in [-0.4, -0.2) is 25.2 Å². The third kappa shape index (κ3) is 6.70. The second kappa shape index (κ2) is 12.0. The highest BCUT2D eigenvalue weighted by Gasteiger charge is 2.15. The lowest BCUT2D eigenvalue weighted by Crippen LogP contribution is -2.30. The second-order valence-corrected chi connectivity index (χ2v) is 9.81. The van der Waals surface area contributed by atoms with Gasteiger partial charge >= 0.3 is 0 Å². The van der Waals surface area contributed by atoms with Crippen LogP contribution in [0, 0.1) is 12.3 Å². The summed E-state index contributed by atoms with van der Waals surface area (Å²) in [5.41, 5.74) is 4.45. The molecule has 6 heteroatoms. The van der Waals surface area contributed by atoms with Crippen LogP contribution in [0.15, 0.2) is 66.7 Å². The van der Waals surface area contributed by atoms with Gasteiger partial charge in [0.05, 0.1) is 0 Å². The van der Waals surface area contributed by atoms with Crippen LogP contribution in [0.4, 0.5) is 0 Å². The fourth-order valence-corrected chi connectivity index (χ4v) is 4.86. The molecule has 1 aliphatic carbocycles. The Labute approximate surface area is 218 Å². The first-order valence-electron chi connectivity index (χ1n) is 13.1. The third-order valence-electron chi connectivity index (χ3n) is 7.13. The van der Waals surface area contributed by atoms with Gasteiger partial charge < -0.3 is 20.1 Å². The van der Waals surface area contributed by atoms with Crippen LogP contribution in [0.1, 0.15) is 69.5 Å². The zero-order chi connectivity index (χ0) is 25.5. The molecule has 0 saturated heterocycles. The van der Waals surface area contributed by atoms with Crippen molar-refractivity contribution < 1.29 is 19.1 Å². The van der Waals surface area contributed by atoms with Crippen LogP contribution in [0.5, 0.6) is 11.5 Å². The number of nitrogens with one attached hydrogen (secondary N) is 2. The number of ether oxygens (including phenoxy) is 2. The lowest BCUT2D eigenvalue weighted by Gasteiger charge is -2.21. The number of carbonyl (C=O) groups excluding carboxylic acids is 2. The van der Waals surface area contributed by atoms with Crippen molar-refractivity contribution in [1.82, 2.24) is 10.6 Å². The molecule has 37 heavy (non-hydrogen) atoms. The fourth-order valence-electron chi connectivity index (χ4n) is 4.86. The summed E-state index contributed by atoms with van der Waals surface area (Å²) in [7, 11) is 0. The number of fused-ring (bicyclic) bond motifs is 1. The van der Waals surface area contributed by atoms with E-state index in [-0.39, 0.29) is 18.6 Å². The fraction of sp³-hybridized carbons (Fsp3) is 0.323. The number of rotatable bonds is 9. The molecule has 1 radical (unpaired) electrons. The largest absolute Gasteiger partial charge is 0.454 e. The summed E-state index contributed by atoms with van der Waals surface area (Å²) < 4.78 is 10.7. The Morgan fingerprint density at radius 2 is 1.41 bits per heavy atom. The molecule has 2 amide bonds. The second-order valence-electron chi connectivity index (χ2n) is 9.81. The van der Waals surface area contributed by atoms with Crippen molar-refractivity contribution in [3.63, 3.8) is 0 Å². The maximum atomic E-state index is 12.6. The van der Waals surface area contributed by atoms with Gasteiger partial charge in [0.15, 0.2) is 11.5 Å². The zero-order valence-corrected chi connectivity index (χ0v) is 21.0. The first-order chi connectivity index (χ1) is 18.1. The van der Waals surface area contributed by atoms with Crippen LogP contribution in [0.25, 0.3) is 0 Å². The summed E-state index contributed by atoms with van der Waals surface area (Å²) in [5, 5.41) is 6.05. The average molecular weight is 498 g/mol. The van der Waals surface area contributed by atoms with Crippen LogP contribution < -0.4 is 20.1 Å². The summed E-state index contributed by atoms with van der Waals surface area (Å²) in [4.78, 5) is 25.0. The molecule has 1 heterocycles. The minimum atomic E-state index is -0.120. The van der Waals surface area contributed by atoms with Gasteiger partial charge in [-0.3, -0.25) is 9.59 Å². The van der Waals surface area contributed by atoms with E-state index in [4.69, 9.17) is 9.47 Å². The molecular weight excluding hydrogens is 464 g/mol. The van der Waals surface area contributed by atoms with Gasteiger partial charge in [0, 0.05) is 24.2 Å². The van der Waals surface area contributed by atoms with E-state index in [2.05, 4.69) is 17.1 Å². The van der Waals surface area contributed by atoms with Crippen molar-refractivity contribution in [2.75, 3.05) is 13.3 Å². The molecule has 2 N–H and O–H groups in total. The van der Waals surface area contributed by atoms with Gasteiger partial charge in [-0.15, -0.1) is 0 Å². The molecule has 0 spiro atoms. The van der Waals surface area contributed by atoms with Gasteiger partial charge in [-0.25, -0.2) is 0 Å². The van der Waals surface area contributed by atoms with Crippen molar-refractivity contribution in [2.24, 2.45) is 5.92 Å². The highest BCUT2D eigenvalue weighted by Crippen LogP contribution is 2.32. The summed E-state index contributed by atoms with van der Waals surface area (Å²) >= 11 is 0. The molecule has 6 nitrogen and oxygen atoms in total. The average Bonchev–Trinajstić information content (AvgIpc) is 3.43. The Morgan fingerprint density at radius 1 is 0.757 bits per heavy atom. The minimum Gasteiger partial charge on any atom is -0.454 e. The molecule has 0 aromatic heterocycles. The monoisotopic (exact) mass is 497 g/mol. The lowest BCUT2D eigenvalue weighted by molar-refractivity contribution is 0.0938. The van der Waals surface area contributed by atoms with E-state index in [1.54, 1.807) is 0 Å². The summed E-state index contributed by atoms with van der Waals surface area (Å²) in [6.45, 7) is 1.43. The Bertz CT molecular complexity index is 1210. The van der Waals surface area contributed by atoms with Crippen LogP contribution in [-0.2, 0) is 13.0 Å². The van der Waals surface area contributed by atoms with Gasteiger partial charge in [0.25, 0.3) is 11.8 Å². The molecule has 191 valence electrons. The first kappa shape index (κ1) is 24.9. The molecule has 3 aromatic rings. The molecule has 1 saturated carbocycles. The van der Waals surface area contributed by atoms with Crippen molar-refractivity contribution >= 4 is 11.8 Å². The Balaban J connectivity index is 1.06. The summed E-state index contributed by atoms with van der Waals surface area (Å²) in [5.74, 6) is 1.95. The molecular formula is C31H33N2O4. The predicted molar refractivity (Wildman–Crippen MR) is 143 cm³/mol. The SMILES string of the molecule is O=C(NCc1ccc2c(c1)OCO2)c1ccc(C[CH]c2ccc(C(=O)NCC3CCCCC3)cc2)cc1. The summed E-state index contributed by atoms with van der Waals surface area (Å²) in [6, 6.07) is 21.0. The van der Waals surface area contributed by atoms with E-state index in [0.717, 1.165) is 35.4 Å². The van der Waals surface area contributed by atoms with Crippen molar-refractivity contribution in [2.45, 2.75) is 45.1 Å². The van der Waals surface area contributed by atoms with E-state index in [1.807, 2.05) is 66.7 Å². The van der Waals surface area contributed by atoms with E-state index in [1.165, 1.54) is 32.1 Å². The van der Waals surface area contributed by atoms with E-state index in [0.29, 0.717) is 29.3 Å². The van der Waals surface area contributed by atoms with Crippen molar-refractivity contribution in [3.8, 4) is 11.5 Å². The van der Waals surface area contributed by atoms with Gasteiger partial charge in [-0.05, 0) is 84.7 Å². The molecule has 0 bridgehead atoms. The van der Waals surface area contributed by atoms with Gasteiger partial charge in [0.1, 0.15) is 0 Å². The molecule has 2 aliphatic rings. The van der Waals surface area contributed by atoms with Gasteiger partial charge in [-0.2, -0.15) is 0 Å². The molecule has 1 fully saturated rings. The Kier molecular flexibility index (Phi) is 8.04. The first-order valence-corrected chi connectivity index (χ1v) is 13.1. The number of benzene rings is 3. The minimum absolute atomic E-state index is 0.00418. The Morgan fingerprint density at radius 3 is 2.16 bits per heavy atom. The molecule has 0 unspecified atom stereocenters. The Hall–Kier alpha value is -3.80. The standard InChI is InChI=1S/C31H33N2O4/c34-30(32-19-24-4-2-1-3-5-24)26-13-8-22(9-14-26)6-7-23-10-15-27(16-11-23)31(35)33-20-25-12-17-28-29(18-25)37-21-36-28/h6,8-18,24H,1-5,7,19-21H2,(H,32,34)(H,33,35). The topological polar surface area (TPSA) is 76.7 Å². The quantitative estimate of drug-likeness (QED) is 0.412. The molecule has 3 aromatic carbocycles. The molecule has 5 rings (SSSR count). The van der Waals surface area contributed by atoms with E-state index in [9.17, 15) is 9.59 Å². The number of hydrogen-bond donors (Lipinski definition) is 2. The maximum Gasteiger partial charge on any atom is 0.251 e. The zero-order valence-electron chi connectivity index (χ0n) is 21.0. The molecule has 1 aliphatic heterocycles. The number of hydrogen-bond acceptors (Lipinski definition) is 4. The summed E-state index contributed by atoms with van der Waals surface area (Å²) in [6.07, 6.45) is 9.20. The van der Waals surface area contributed by atoms with E-state index < -0.39 is 0 Å². The van der Waals surface area contributed by atoms with Gasteiger partial charge in [0.2, 0.25) is 6.79 Å². The van der Waals surface area contributed by atoms with Crippen molar-refractivity contribution in [1.29, 1.82) is 0 Å². The number of amides is 2. The smallest absolute Gasteiger partial charge is 0.251 e. The molecule has 0 atom stereocenters. The van der Waals surface area contributed by atoms with Crippen LogP contribution in [0.3, 0.4) is 0 Å². The third-order valence-corrected chi connectivity index (χ3v) is 7.13.